The molecule has 2 aromatic heterocycles. The fraction of sp³-hybridized carbons (Fsp3) is 0.636. The Hall–Kier alpha value is -2.73. The molecular formula is C22H30FN5O3. The highest BCUT2D eigenvalue weighted by Gasteiger charge is 2.29. The molecule has 0 atom stereocenters. The van der Waals surface area contributed by atoms with E-state index in [1.54, 1.807) is 18.5 Å². The largest absolute Gasteiger partial charge is 0.489 e. The average Bonchev–Trinajstić information content (AvgIpc) is 3.27. The number of piperidine rings is 1. The summed E-state index contributed by atoms with van der Waals surface area (Å²) >= 11 is 0. The fourth-order valence-electron chi connectivity index (χ4n) is 3.58. The molecule has 0 radical (unpaired) electrons. The molecule has 168 valence electrons. The average molecular weight is 432 g/mol. The van der Waals surface area contributed by atoms with Crippen LogP contribution in [0.15, 0.2) is 23.0 Å². The highest BCUT2D eigenvalue weighted by atomic mass is 19.1. The molecule has 4 rings (SSSR count). The monoisotopic (exact) mass is 431 g/mol. The van der Waals surface area contributed by atoms with E-state index in [2.05, 4.69) is 21.2 Å². The number of hydrogen-bond donors (Lipinski definition) is 1. The fourth-order valence-corrected chi connectivity index (χ4v) is 3.58. The van der Waals surface area contributed by atoms with Crippen molar-refractivity contribution in [2.45, 2.75) is 76.7 Å². The Balaban J connectivity index is 0.000000176. The summed E-state index contributed by atoms with van der Waals surface area (Å²) in [4.78, 5) is 9.82. The predicted octanol–water partition coefficient (Wildman–Crippen LogP) is 3.90. The molecule has 1 N–H and O–H groups in total. The lowest BCUT2D eigenvalue weighted by Gasteiger charge is -2.27. The van der Waals surface area contributed by atoms with E-state index in [-0.39, 0.29) is 18.1 Å². The van der Waals surface area contributed by atoms with E-state index < -0.39 is 5.67 Å². The van der Waals surface area contributed by atoms with Crippen molar-refractivity contribution in [3.8, 4) is 11.8 Å². The number of aromatic nitrogens is 3. The molecule has 0 unspecified atom stereocenters. The highest BCUT2D eigenvalue weighted by molar-refractivity contribution is 5.40. The molecule has 2 fully saturated rings. The molecule has 3 heterocycles. The summed E-state index contributed by atoms with van der Waals surface area (Å²) in [5.41, 5.74) is -1.08. The van der Waals surface area contributed by atoms with Crippen molar-refractivity contribution in [3.05, 3.63) is 29.9 Å². The van der Waals surface area contributed by atoms with Crippen molar-refractivity contribution in [1.29, 1.82) is 5.26 Å². The Bertz CT molecular complexity index is 863. The van der Waals surface area contributed by atoms with Gasteiger partial charge in [0.15, 0.2) is 5.67 Å². The van der Waals surface area contributed by atoms with Gasteiger partial charge in [0, 0.05) is 25.5 Å². The van der Waals surface area contributed by atoms with Crippen LogP contribution in [0.25, 0.3) is 0 Å². The predicted molar refractivity (Wildman–Crippen MR) is 112 cm³/mol. The Morgan fingerprint density at radius 3 is 2.55 bits per heavy atom. The molecule has 2 aromatic rings. The zero-order valence-electron chi connectivity index (χ0n) is 18.1. The first kappa shape index (κ1) is 22.9. The molecule has 1 saturated carbocycles. The topological polar surface area (TPSA) is 108 Å². The van der Waals surface area contributed by atoms with Crippen LogP contribution in [-0.4, -0.2) is 45.5 Å². The second kappa shape index (κ2) is 10.5. The number of rotatable bonds is 4. The van der Waals surface area contributed by atoms with Crippen molar-refractivity contribution in [2.24, 2.45) is 0 Å². The Morgan fingerprint density at radius 1 is 1.23 bits per heavy atom. The second-order valence-corrected chi connectivity index (χ2v) is 8.45. The van der Waals surface area contributed by atoms with E-state index in [1.807, 2.05) is 4.90 Å². The maximum atomic E-state index is 13.5. The van der Waals surface area contributed by atoms with Gasteiger partial charge in [-0.2, -0.15) is 10.2 Å². The van der Waals surface area contributed by atoms with Gasteiger partial charge in [-0.05, 0) is 63.6 Å². The molecule has 0 spiro atoms. The van der Waals surface area contributed by atoms with E-state index in [0.717, 1.165) is 12.8 Å². The third kappa shape index (κ3) is 6.62. The molecule has 1 aliphatic heterocycles. The number of aliphatic hydroxyl groups excluding tert-OH is 1. The summed E-state index contributed by atoms with van der Waals surface area (Å²) in [5.74, 6) is 1.08. The van der Waals surface area contributed by atoms with Crippen LogP contribution in [0.5, 0.6) is 5.75 Å². The highest BCUT2D eigenvalue weighted by Crippen LogP contribution is 2.26. The summed E-state index contributed by atoms with van der Waals surface area (Å²) < 4.78 is 24.2. The number of hydrogen-bond acceptors (Lipinski definition) is 8. The van der Waals surface area contributed by atoms with Crippen molar-refractivity contribution in [2.75, 3.05) is 18.0 Å². The second-order valence-electron chi connectivity index (χ2n) is 8.45. The lowest BCUT2D eigenvalue weighted by molar-refractivity contribution is 0.145. The van der Waals surface area contributed by atoms with E-state index in [4.69, 9.17) is 14.5 Å². The van der Waals surface area contributed by atoms with Crippen molar-refractivity contribution >= 4 is 5.95 Å². The van der Waals surface area contributed by atoms with E-state index in [1.165, 1.54) is 33.1 Å². The minimum atomic E-state index is -1.61. The minimum Gasteiger partial charge on any atom is -0.489 e. The smallest absolute Gasteiger partial charge is 0.266 e. The van der Waals surface area contributed by atoms with Gasteiger partial charge in [-0.1, -0.05) is 6.42 Å². The molecule has 2 aliphatic rings. The molecule has 0 aromatic carbocycles. The van der Waals surface area contributed by atoms with Gasteiger partial charge in [-0.25, -0.2) is 4.39 Å². The van der Waals surface area contributed by atoms with Crippen LogP contribution in [0, 0.1) is 11.3 Å². The van der Waals surface area contributed by atoms with Crippen LogP contribution in [-0.2, 0) is 5.67 Å². The van der Waals surface area contributed by atoms with Crippen LogP contribution in [0.2, 0.25) is 0 Å². The van der Waals surface area contributed by atoms with Gasteiger partial charge >= 0.3 is 0 Å². The zero-order valence-corrected chi connectivity index (χ0v) is 18.1. The molecular weight excluding hydrogens is 401 g/mol. The standard InChI is InChI=1S/C12H14N2O.C10H16FN3O2/c13-8-10-9-14-7-6-12(10)15-11-4-2-1-3-5-11;1-10(2,11)8-12-9(13-16-8)14-5-3-7(15)4-6-14/h6-7,9,11H,1-5H2;7,15H,3-6H2,1-2H3. The van der Waals surface area contributed by atoms with E-state index in [9.17, 15) is 9.50 Å². The Kier molecular flexibility index (Phi) is 7.80. The molecule has 0 bridgehead atoms. The lowest BCUT2D eigenvalue weighted by atomic mass is 9.98. The van der Waals surface area contributed by atoms with Crippen molar-refractivity contribution < 1.29 is 18.8 Å². The van der Waals surface area contributed by atoms with Crippen LogP contribution in [0.4, 0.5) is 10.3 Å². The number of alkyl halides is 1. The maximum Gasteiger partial charge on any atom is 0.266 e. The first-order valence-corrected chi connectivity index (χ1v) is 10.8. The van der Waals surface area contributed by atoms with Gasteiger partial charge in [0.1, 0.15) is 17.4 Å². The number of pyridine rings is 1. The lowest BCUT2D eigenvalue weighted by Crippen LogP contribution is -2.36. The van der Waals surface area contributed by atoms with Gasteiger partial charge in [0.25, 0.3) is 11.8 Å². The molecule has 1 aliphatic carbocycles. The van der Waals surface area contributed by atoms with Crippen molar-refractivity contribution in [1.82, 2.24) is 15.1 Å². The van der Waals surface area contributed by atoms with Crippen LogP contribution in [0.3, 0.4) is 0 Å². The maximum absolute atomic E-state index is 13.5. The summed E-state index contributed by atoms with van der Waals surface area (Å²) in [6.07, 6.45) is 10.6. The third-order valence-electron chi connectivity index (χ3n) is 5.42. The number of halogens is 1. The zero-order chi connectivity index (χ0) is 22.3. The van der Waals surface area contributed by atoms with E-state index in [0.29, 0.717) is 43.2 Å². The van der Waals surface area contributed by atoms with Gasteiger partial charge < -0.3 is 19.3 Å². The van der Waals surface area contributed by atoms with Gasteiger partial charge in [0.05, 0.1) is 12.2 Å². The number of aliphatic hydroxyl groups is 1. The van der Waals surface area contributed by atoms with Crippen LogP contribution in [0.1, 0.15) is 70.2 Å². The first-order valence-electron chi connectivity index (χ1n) is 10.8. The normalized spacial score (nSPS) is 18.1. The summed E-state index contributed by atoms with van der Waals surface area (Å²) in [5, 5.41) is 22.0. The molecule has 1 saturated heterocycles. The Labute approximate surface area is 182 Å². The molecule has 8 nitrogen and oxygen atoms in total. The first-order chi connectivity index (χ1) is 14.9. The number of nitrogens with zero attached hydrogens (tertiary/aromatic N) is 5. The number of anilines is 1. The number of nitriles is 1. The SMILES string of the molecule is CC(C)(F)c1nc(N2CCC(O)CC2)no1.N#Cc1cnccc1OC1CCCCC1. The quantitative estimate of drug-likeness (QED) is 0.776. The summed E-state index contributed by atoms with van der Waals surface area (Å²) in [6, 6.07) is 3.87. The van der Waals surface area contributed by atoms with Gasteiger partial charge in [0.2, 0.25) is 0 Å². The van der Waals surface area contributed by atoms with Gasteiger partial charge in [-0.15, -0.1) is 0 Å². The van der Waals surface area contributed by atoms with Crippen LogP contribution < -0.4 is 9.64 Å². The molecule has 31 heavy (non-hydrogen) atoms. The third-order valence-corrected chi connectivity index (χ3v) is 5.42. The molecule has 9 heteroatoms. The van der Waals surface area contributed by atoms with Crippen molar-refractivity contribution in [3.63, 3.8) is 0 Å². The summed E-state index contributed by atoms with van der Waals surface area (Å²) in [6.45, 7) is 4.11. The minimum absolute atomic E-state index is 0.00591. The molecule has 0 amide bonds. The number of ether oxygens (including phenoxy) is 1. The van der Waals surface area contributed by atoms with Crippen LogP contribution >= 0.6 is 0 Å². The van der Waals surface area contributed by atoms with E-state index >= 15 is 0 Å². The summed E-state index contributed by atoms with van der Waals surface area (Å²) in [7, 11) is 0. The Morgan fingerprint density at radius 2 is 1.94 bits per heavy atom. The van der Waals surface area contributed by atoms with Gasteiger partial charge in [-0.3, -0.25) is 4.98 Å².